The summed E-state index contributed by atoms with van der Waals surface area (Å²) < 4.78 is 25.9. The summed E-state index contributed by atoms with van der Waals surface area (Å²) in [6.45, 7) is 1.78. The molecule has 1 N–H and O–H groups in total. The number of aliphatic hydroxyl groups excluding tert-OH is 1. The normalized spacial score (nSPS) is 11.9. The van der Waals surface area contributed by atoms with E-state index >= 15 is 0 Å². The summed E-state index contributed by atoms with van der Waals surface area (Å²) in [7, 11) is 0. The van der Waals surface area contributed by atoms with Crippen molar-refractivity contribution in [3.63, 3.8) is 0 Å². The lowest BCUT2D eigenvalue weighted by Crippen LogP contribution is -2.03. The van der Waals surface area contributed by atoms with E-state index < -0.39 is 0 Å². The van der Waals surface area contributed by atoms with Crippen LogP contribution in [0.3, 0.4) is 0 Å². The van der Waals surface area contributed by atoms with E-state index in [4.69, 9.17) is 0 Å². The van der Waals surface area contributed by atoms with Gasteiger partial charge in [0.15, 0.2) is 0 Å². The van der Waals surface area contributed by atoms with Crippen LogP contribution in [0.2, 0.25) is 0 Å². The second-order valence-corrected chi connectivity index (χ2v) is 4.41. The van der Waals surface area contributed by atoms with Crippen molar-refractivity contribution in [2.75, 3.05) is 0 Å². The molecular formula is C16H14F2O. The molecule has 0 saturated heterocycles. The Balaban J connectivity index is 2.47. The monoisotopic (exact) mass is 260 g/mol. The molecule has 2 aromatic rings. The zero-order valence-corrected chi connectivity index (χ0v) is 10.5. The number of rotatable bonds is 3. The molecule has 0 heterocycles. The maximum absolute atomic E-state index is 13.0. The lowest BCUT2D eigenvalue weighted by molar-refractivity contribution is 0.463. The van der Waals surface area contributed by atoms with Gasteiger partial charge in [-0.3, -0.25) is 0 Å². The molecule has 0 aromatic heterocycles. The molecule has 98 valence electrons. The molecule has 0 atom stereocenters. The first-order valence-corrected chi connectivity index (χ1v) is 5.93. The van der Waals surface area contributed by atoms with E-state index in [2.05, 4.69) is 0 Å². The molecule has 0 aliphatic carbocycles. The first kappa shape index (κ1) is 13.3. The van der Waals surface area contributed by atoms with E-state index in [0.717, 1.165) is 17.4 Å². The van der Waals surface area contributed by atoms with Gasteiger partial charge in [0, 0.05) is 5.92 Å². The highest BCUT2D eigenvalue weighted by Crippen LogP contribution is 2.31. The van der Waals surface area contributed by atoms with Crippen molar-refractivity contribution < 1.29 is 13.9 Å². The SMILES string of the molecule is CC(=CO)C(c1ccc(F)cc1)c1ccc(F)cc1. The number of benzene rings is 2. The number of aliphatic hydroxyl groups is 1. The van der Waals surface area contributed by atoms with Crippen LogP contribution in [0.1, 0.15) is 24.0 Å². The van der Waals surface area contributed by atoms with Gasteiger partial charge in [0.1, 0.15) is 11.6 Å². The van der Waals surface area contributed by atoms with Crippen LogP contribution in [0, 0.1) is 11.6 Å². The van der Waals surface area contributed by atoms with Crippen molar-refractivity contribution >= 4 is 0 Å². The van der Waals surface area contributed by atoms with Crippen LogP contribution in [0.5, 0.6) is 0 Å². The largest absolute Gasteiger partial charge is 0.516 e. The van der Waals surface area contributed by atoms with E-state index in [0.29, 0.717) is 5.57 Å². The molecule has 19 heavy (non-hydrogen) atoms. The van der Waals surface area contributed by atoms with Crippen LogP contribution in [0.15, 0.2) is 60.4 Å². The minimum atomic E-state index is -0.313. The van der Waals surface area contributed by atoms with Crippen molar-refractivity contribution in [2.24, 2.45) is 0 Å². The van der Waals surface area contributed by atoms with E-state index in [-0.39, 0.29) is 17.6 Å². The summed E-state index contributed by atoms with van der Waals surface area (Å²) in [5, 5.41) is 9.23. The smallest absolute Gasteiger partial charge is 0.123 e. The van der Waals surface area contributed by atoms with Gasteiger partial charge in [-0.1, -0.05) is 24.3 Å². The Hall–Kier alpha value is -2.16. The van der Waals surface area contributed by atoms with Crippen LogP contribution in [-0.4, -0.2) is 5.11 Å². The fraction of sp³-hybridized carbons (Fsp3) is 0.125. The Morgan fingerprint density at radius 2 is 1.26 bits per heavy atom. The third-order valence-electron chi connectivity index (χ3n) is 3.07. The number of hydrogen-bond donors (Lipinski definition) is 1. The molecule has 0 bridgehead atoms. The predicted molar refractivity (Wildman–Crippen MR) is 71.0 cm³/mol. The Labute approximate surface area is 110 Å². The zero-order chi connectivity index (χ0) is 13.8. The molecule has 0 radical (unpaired) electrons. The fourth-order valence-electron chi connectivity index (χ4n) is 2.10. The van der Waals surface area contributed by atoms with Gasteiger partial charge in [0.2, 0.25) is 0 Å². The van der Waals surface area contributed by atoms with Crippen LogP contribution < -0.4 is 0 Å². The number of hydrogen-bond acceptors (Lipinski definition) is 1. The Bertz CT molecular complexity index is 525. The molecule has 0 unspecified atom stereocenters. The molecular weight excluding hydrogens is 246 g/mol. The van der Waals surface area contributed by atoms with E-state index in [9.17, 15) is 13.9 Å². The van der Waals surface area contributed by atoms with Gasteiger partial charge in [0.25, 0.3) is 0 Å². The summed E-state index contributed by atoms with van der Waals surface area (Å²) in [5.74, 6) is -0.842. The van der Waals surface area contributed by atoms with Crippen LogP contribution in [-0.2, 0) is 0 Å². The maximum Gasteiger partial charge on any atom is 0.123 e. The highest BCUT2D eigenvalue weighted by atomic mass is 19.1. The van der Waals surface area contributed by atoms with Crippen molar-refractivity contribution in [3.8, 4) is 0 Å². The first-order chi connectivity index (χ1) is 9.11. The van der Waals surface area contributed by atoms with Crippen molar-refractivity contribution in [3.05, 3.63) is 83.1 Å². The van der Waals surface area contributed by atoms with E-state index in [1.165, 1.54) is 24.3 Å². The van der Waals surface area contributed by atoms with Crippen molar-refractivity contribution in [2.45, 2.75) is 12.8 Å². The number of halogens is 2. The van der Waals surface area contributed by atoms with E-state index in [1.54, 1.807) is 31.2 Å². The van der Waals surface area contributed by atoms with Gasteiger partial charge in [-0.15, -0.1) is 0 Å². The molecule has 0 aliphatic rings. The standard InChI is InChI=1S/C16H14F2O/c1-11(10-19)16(12-2-6-14(17)7-3-12)13-4-8-15(18)9-5-13/h2-10,16,19H,1H3. The minimum Gasteiger partial charge on any atom is -0.516 e. The molecule has 3 heteroatoms. The van der Waals surface area contributed by atoms with Gasteiger partial charge in [-0.25, -0.2) is 8.78 Å². The topological polar surface area (TPSA) is 20.2 Å². The average molecular weight is 260 g/mol. The molecule has 0 amide bonds. The average Bonchev–Trinajstić information content (AvgIpc) is 2.43. The summed E-state index contributed by atoms with van der Waals surface area (Å²) in [6, 6.07) is 12.1. The van der Waals surface area contributed by atoms with E-state index in [1.807, 2.05) is 0 Å². The number of allylic oxidation sites excluding steroid dienone is 1. The molecule has 0 spiro atoms. The van der Waals surface area contributed by atoms with Gasteiger partial charge in [-0.05, 0) is 47.9 Å². The zero-order valence-electron chi connectivity index (χ0n) is 10.5. The molecule has 2 aromatic carbocycles. The highest BCUT2D eigenvalue weighted by Gasteiger charge is 2.16. The summed E-state index contributed by atoms with van der Waals surface area (Å²) >= 11 is 0. The minimum absolute atomic E-state index is 0.216. The highest BCUT2D eigenvalue weighted by molar-refractivity contribution is 5.40. The Morgan fingerprint density at radius 1 is 0.895 bits per heavy atom. The summed E-state index contributed by atoms with van der Waals surface area (Å²) in [5.41, 5.74) is 2.39. The lowest BCUT2D eigenvalue weighted by Gasteiger charge is -2.18. The third-order valence-corrected chi connectivity index (χ3v) is 3.07. The van der Waals surface area contributed by atoms with Crippen molar-refractivity contribution in [1.29, 1.82) is 0 Å². The Kier molecular flexibility index (Phi) is 3.95. The van der Waals surface area contributed by atoms with Crippen molar-refractivity contribution in [1.82, 2.24) is 0 Å². The molecule has 0 fully saturated rings. The molecule has 1 nitrogen and oxygen atoms in total. The summed E-state index contributed by atoms with van der Waals surface area (Å²) in [6.07, 6.45) is 1.03. The van der Waals surface area contributed by atoms with Crippen LogP contribution in [0.4, 0.5) is 8.78 Å². The second-order valence-electron chi connectivity index (χ2n) is 4.41. The van der Waals surface area contributed by atoms with Gasteiger partial charge < -0.3 is 5.11 Å². The lowest BCUT2D eigenvalue weighted by atomic mass is 9.86. The first-order valence-electron chi connectivity index (χ1n) is 5.93. The van der Waals surface area contributed by atoms with Crippen LogP contribution >= 0.6 is 0 Å². The molecule has 0 aliphatic heterocycles. The van der Waals surface area contributed by atoms with Gasteiger partial charge in [0.05, 0.1) is 6.26 Å². The molecule has 0 saturated carbocycles. The second kappa shape index (κ2) is 5.65. The molecule has 2 rings (SSSR count). The Morgan fingerprint density at radius 3 is 1.58 bits per heavy atom. The maximum atomic E-state index is 13.0. The fourth-order valence-corrected chi connectivity index (χ4v) is 2.10. The van der Waals surface area contributed by atoms with Crippen LogP contribution in [0.25, 0.3) is 0 Å². The van der Waals surface area contributed by atoms with Gasteiger partial charge in [-0.2, -0.15) is 0 Å². The third kappa shape index (κ3) is 2.99. The predicted octanol–water partition coefficient (Wildman–Crippen LogP) is 4.56. The van der Waals surface area contributed by atoms with Gasteiger partial charge >= 0.3 is 0 Å². The summed E-state index contributed by atoms with van der Waals surface area (Å²) in [4.78, 5) is 0. The quantitative estimate of drug-likeness (QED) is 0.802.